The molecule has 0 aliphatic heterocycles. The molecule has 0 saturated carbocycles. The Morgan fingerprint density at radius 3 is 2.27 bits per heavy atom. The largest absolute Gasteiger partial charge is 0.204 e. The Bertz CT molecular complexity index is 274. The van der Waals surface area contributed by atoms with Gasteiger partial charge in [0.05, 0.1) is 4.47 Å². The molecule has 11 heavy (non-hydrogen) atoms. The van der Waals surface area contributed by atoms with E-state index < -0.39 is 17.5 Å². The molecule has 0 N–H and O–H groups in total. The number of rotatable bonds is 0. The SMILES string of the molecule is Fc1cc(I)c(Br)c(F)c1F. The van der Waals surface area contributed by atoms with Crippen LogP contribution >= 0.6 is 38.5 Å². The maximum atomic E-state index is 12.6. The van der Waals surface area contributed by atoms with E-state index in [1.165, 1.54) is 0 Å². The number of hydrogen-bond acceptors (Lipinski definition) is 0. The Labute approximate surface area is 83.1 Å². The fourth-order valence-electron chi connectivity index (χ4n) is 0.544. The van der Waals surface area contributed by atoms with Crippen molar-refractivity contribution in [2.45, 2.75) is 0 Å². The smallest absolute Gasteiger partial charge is 0.195 e. The summed E-state index contributed by atoms with van der Waals surface area (Å²) in [4.78, 5) is 0. The van der Waals surface area contributed by atoms with Gasteiger partial charge >= 0.3 is 0 Å². The highest BCUT2D eigenvalue weighted by Crippen LogP contribution is 2.26. The molecule has 0 atom stereocenters. The van der Waals surface area contributed by atoms with Crippen molar-refractivity contribution in [1.29, 1.82) is 0 Å². The van der Waals surface area contributed by atoms with Gasteiger partial charge in [-0.1, -0.05) is 0 Å². The van der Waals surface area contributed by atoms with Gasteiger partial charge in [-0.3, -0.25) is 0 Å². The summed E-state index contributed by atoms with van der Waals surface area (Å²) in [6.45, 7) is 0. The first-order valence-electron chi connectivity index (χ1n) is 2.52. The lowest BCUT2D eigenvalue weighted by atomic mass is 10.3. The lowest BCUT2D eigenvalue weighted by molar-refractivity contribution is 0.443. The van der Waals surface area contributed by atoms with E-state index in [-0.39, 0.29) is 4.47 Å². The summed E-state index contributed by atoms with van der Waals surface area (Å²) >= 11 is 4.47. The van der Waals surface area contributed by atoms with Gasteiger partial charge in [0.2, 0.25) is 0 Å². The molecule has 0 aliphatic carbocycles. The summed E-state index contributed by atoms with van der Waals surface area (Å²) in [5.74, 6) is -3.80. The van der Waals surface area contributed by atoms with Crippen molar-refractivity contribution >= 4 is 38.5 Å². The minimum absolute atomic E-state index is 0.0444. The van der Waals surface area contributed by atoms with Gasteiger partial charge in [0.15, 0.2) is 17.5 Å². The second-order valence-corrected chi connectivity index (χ2v) is 3.74. The molecule has 0 nitrogen and oxygen atoms in total. The second kappa shape index (κ2) is 3.30. The molecule has 5 heteroatoms. The molecule has 0 saturated heterocycles. The van der Waals surface area contributed by atoms with Gasteiger partial charge < -0.3 is 0 Å². The van der Waals surface area contributed by atoms with Gasteiger partial charge in [0.1, 0.15) is 0 Å². The quantitative estimate of drug-likeness (QED) is 0.386. The first kappa shape index (κ1) is 9.31. The van der Waals surface area contributed by atoms with Gasteiger partial charge in [0.25, 0.3) is 0 Å². The first-order chi connectivity index (χ1) is 5.04. The zero-order valence-electron chi connectivity index (χ0n) is 4.97. The molecule has 0 fully saturated rings. The zero-order chi connectivity index (χ0) is 8.59. The minimum Gasteiger partial charge on any atom is -0.204 e. The highest BCUT2D eigenvalue weighted by molar-refractivity contribution is 14.1. The maximum Gasteiger partial charge on any atom is 0.195 e. The van der Waals surface area contributed by atoms with Crippen LogP contribution in [0.3, 0.4) is 0 Å². The second-order valence-electron chi connectivity index (χ2n) is 1.78. The summed E-state index contributed by atoms with van der Waals surface area (Å²) in [5, 5.41) is 0. The van der Waals surface area contributed by atoms with E-state index in [4.69, 9.17) is 0 Å². The summed E-state index contributed by atoms with van der Waals surface area (Å²) in [6.07, 6.45) is 0. The average Bonchev–Trinajstić information content (AvgIpc) is 1.97. The highest BCUT2D eigenvalue weighted by Gasteiger charge is 2.14. The van der Waals surface area contributed by atoms with E-state index >= 15 is 0 Å². The molecule has 0 radical (unpaired) electrons. The van der Waals surface area contributed by atoms with Crippen LogP contribution in [-0.2, 0) is 0 Å². The Hall–Kier alpha value is 0.220. The number of halogens is 5. The van der Waals surface area contributed by atoms with Crippen LogP contribution in [0.15, 0.2) is 10.5 Å². The minimum atomic E-state index is -1.45. The van der Waals surface area contributed by atoms with Crippen molar-refractivity contribution in [3.05, 3.63) is 31.6 Å². The van der Waals surface area contributed by atoms with E-state index in [0.29, 0.717) is 3.57 Å². The third kappa shape index (κ3) is 1.69. The molecule has 0 bridgehead atoms. The standard InChI is InChI=1S/C6HBrF3I/c7-4-3(11)1-2(8)5(9)6(4)10/h1H. The molecule has 0 aromatic heterocycles. The molecule has 60 valence electrons. The van der Waals surface area contributed by atoms with Crippen LogP contribution in [0.25, 0.3) is 0 Å². The van der Waals surface area contributed by atoms with Gasteiger partial charge in [-0.2, -0.15) is 0 Å². The van der Waals surface area contributed by atoms with E-state index in [1.807, 2.05) is 0 Å². The van der Waals surface area contributed by atoms with Crippen LogP contribution in [0.5, 0.6) is 0 Å². The molecule has 1 aromatic rings. The fraction of sp³-hybridized carbons (Fsp3) is 0. The highest BCUT2D eigenvalue weighted by atomic mass is 127. The van der Waals surface area contributed by atoms with Gasteiger partial charge in [-0.25, -0.2) is 13.2 Å². The first-order valence-corrected chi connectivity index (χ1v) is 4.39. The molecule has 0 amide bonds. The summed E-state index contributed by atoms with van der Waals surface area (Å²) in [6, 6.07) is 0.920. The third-order valence-corrected chi connectivity index (χ3v) is 3.43. The lowest BCUT2D eigenvalue weighted by Gasteiger charge is -1.99. The van der Waals surface area contributed by atoms with Gasteiger partial charge in [0, 0.05) is 3.57 Å². The fourth-order valence-corrected chi connectivity index (χ4v) is 1.34. The van der Waals surface area contributed by atoms with Crippen LogP contribution in [0.4, 0.5) is 13.2 Å². The van der Waals surface area contributed by atoms with Crippen LogP contribution in [0.1, 0.15) is 0 Å². The van der Waals surface area contributed by atoms with Gasteiger partial charge in [-0.05, 0) is 44.6 Å². The summed E-state index contributed by atoms with van der Waals surface area (Å²) < 4.78 is 37.6. The number of hydrogen-bond donors (Lipinski definition) is 0. The molecule has 0 aliphatic rings. The molecule has 1 rings (SSSR count). The van der Waals surface area contributed by atoms with Crippen molar-refractivity contribution in [3.8, 4) is 0 Å². The van der Waals surface area contributed by atoms with E-state index in [1.54, 1.807) is 22.6 Å². The predicted molar refractivity (Wildman–Crippen MR) is 46.7 cm³/mol. The van der Waals surface area contributed by atoms with Crippen LogP contribution in [0.2, 0.25) is 0 Å². The molecule has 0 spiro atoms. The van der Waals surface area contributed by atoms with Crippen LogP contribution < -0.4 is 0 Å². The van der Waals surface area contributed by atoms with Crippen molar-refractivity contribution in [1.82, 2.24) is 0 Å². The maximum absolute atomic E-state index is 12.6. The van der Waals surface area contributed by atoms with Crippen molar-refractivity contribution in [2.24, 2.45) is 0 Å². The molecule has 0 unspecified atom stereocenters. The monoisotopic (exact) mass is 336 g/mol. The third-order valence-electron chi connectivity index (χ3n) is 1.06. The number of benzene rings is 1. The Morgan fingerprint density at radius 2 is 1.73 bits per heavy atom. The Balaban J connectivity index is 3.46. The van der Waals surface area contributed by atoms with E-state index in [2.05, 4.69) is 15.9 Å². The molecular weight excluding hydrogens is 336 g/mol. The van der Waals surface area contributed by atoms with Crippen LogP contribution in [-0.4, -0.2) is 0 Å². The van der Waals surface area contributed by atoms with Crippen LogP contribution in [0, 0.1) is 21.0 Å². The molecule has 0 heterocycles. The van der Waals surface area contributed by atoms with Crippen molar-refractivity contribution < 1.29 is 13.2 Å². The zero-order valence-corrected chi connectivity index (χ0v) is 8.71. The molecular formula is C6HBrF3I. The summed E-state index contributed by atoms with van der Waals surface area (Å²) in [7, 11) is 0. The predicted octanol–water partition coefficient (Wildman–Crippen LogP) is 3.47. The topological polar surface area (TPSA) is 0 Å². The Kier molecular flexibility index (Phi) is 2.79. The Morgan fingerprint density at radius 1 is 1.18 bits per heavy atom. The average molecular weight is 337 g/mol. The summed E-state index contributed by atoms with van der Waals surface area (Å²) in [5.41, 5.74) is 0. The van der Waals surface area contributed by atoms with E-state index in [0.717, 1.165) is 6.07 Å². The van der Waals surface area contributed by atoms with E-state index in [9.17, 15) is 13.2 Å². The molecule has 1 aromatic carbocycles. The lowest BCUT2D eigenvalue weighted by Crippen LogP contribution is -1.93. The van der Waals surface area contributed by atoms with Gasteiger partial charge in [-0.15, -0.1) is 0 Å². The normalized spacial score (nSPS) is 10.3. The van der Waals surface area contributed by atoms with Crippen molar-refractivity contribution in [2.75, 3.05) is 0 Å². The van der Waals surface area contributed by atoms with Crippen molar-refractivity contribution in [3.63, 3.8) is 0 Å².